The van der Waals surface area contributed by atoms with Crippen LogP contribution in [0, 0.1) is 0 Å². The first-order chi connectivity index (χ1) is 11.4. The zero-order valence-electron chi connectivity index (χ0n) is 13.8. The Morgan fingerprint density at radius 2 is 2.08 bits per heavy atom. The van der Waals surface area contributed by atoms with Gasteiger partial charge in [0.1, 0.15) is 5.82 Å². The van der Waals surface area contributed by atoms with Crippen molar-refractivity contribution in [2.75, 3.05) is 0 Å². The maximum atomic E-state index is 12.7. The Kier molecular flexibility index (Phi) is 4.45. The molecule has 0 bridgehead atoms. The lowest BCUT2D eigenvalue weighted by Crippen LogP contribution is -2.41. The molecule has 1 amide bonds. The number of fused-ring (bicyclic) bond motifs is 1. The van der Waals surface area contributed by atoms with E-state index in [1.807, 2.05) is 10.8 Å². The number of aryl methyl sites for hydroxylation is 1. The average molecular weight is 347 g/mol. The van der Waals surface area contributed by atoms with Crippen LogP contribution in [-0.2, 0) is 22.8 Å². The van der Waals surface area contributed by atoms with Gasteiger partial charge in [-0.1, -0.05) is 12.1 Å². The van der Waals surface area contributed by atoms with E-state index in [0.717, 1.165) is 18.7 Å². The van der Waals surface area contributed by atoms with Crippen LogP contribution in [0.4, 0.5) is 0 Å². The molecule has 0 radical (unpaired) electrons. The molecule has 0 spiro atoms. The van der Waals surface area contributed by atoms with Crippen LogP contribution in [0.25, 0.3) is 0 Å². The maximum Gasteiger partial charge on any atom is 0.252 e. The lowest BCUT2D eigenvalue weighted by Gasteiger charge is -2.25. The molecule has 128 valence electrons. The highest BCUT2D eigenvalue weighted by atomic mass is 32.2. The predicted octanol–water partition coefficient (Wildman–Crippen LogP) is 1.81. The molecule has 0 saturated heterocycles. The normalized spacial score (nSPS) is 17.5. The molecule has 1 aliphatic rings. The number of sulfone groups is 1. The minimum Gasteiger partial charge on any atom is -0.347 e. The number of nitrogens with zero attached hydrogens (tertiary/aromatic N) is 2. The molecule has 1 N–H and O–H groups in total. The van der Waals surface area contributed by atoms with Crippen LogP contribution in [0.15, 0.2) is 41.6 Å². The fourth-order valence-electron chi connectivity index (χ4n) is 2.90. The van der Waals surface area contributed by atoms with Gasteiger partial charge in [-0.05, 0) is 32.4 Å². The minimum atomic E-state index is -3.51. The summed E-state index contributed by atoms with van der Waals surface area (Å²) in [7, 11) is -3.51. The Bertz CT molecular complexity index is 855. The number of hydrogen-bond donors (Lipinski definition) is 1. The maximum absolute atomic E-state index is 12.7. The quantitative estimate of drug-likeness (QED) is 0.914. The molecule has 1 atom stereocenters. The van der Waals surface area contributed by atoms with Crippen molar-refractivity contribution in [1.82, 2.24) is 14.9 Å². The van der Waals surface area contributed by atoms with E-state index in [4.69, 9.17) is 0 Å². The number of rotatable bonds is 4. The van der Waals surface area contributed by atoms with Crippen molar-refractivity contribution in [3.05, 3.63) is 48.0 Å². The van der Waals surface area contributed by atoms with E-state index in [1.165, 1.54) is 6.07 Å². The first-order valence-electron chi connectivity index (χ1n) is 8.03. The number of nitrogens with one attached hydrogen (secondary N) is 1. The molecule has 2 heterocycles. The Morgan fingerprint density at radius 3 is 2.83 bits per heavy atom. The number of carbonyl (C=O) groups is 1. The molecule has 0 fully saturated rings. The highest BCUT2D eigenvalue weighted by molar-refractivity contribution is 7.92. The number of amides is 1. The van der Waals surface area contributed by atoms with Crippen molar-refractivity contribution in [3.8, 4) is 0 Å². The third-order valence-electron chi connectivity index (χ3n) is 4.33. The number of imidazole rings is 1. The zero-order valence-corrected chi connectivity index (χ0v) is 14.6. The second-order valence-corrected chi connectivity index (χ2v) is 8.77. The summed E-state index contributed by atoms with van der Waals surface area (Å²) in [5.74, 6) is 0.673. The molecular weight excluding hydrogens is 326 g/mol. The fraction of sp³-hybridized carbons (Fsp3) is 0.412. The summed E-state index contributed by atoms with van der Waals surface area (Å²) < 4.78 is 27.0. The van der Waals surface area contributed by atoms with Crippen LogP contribution in [0.3, 0.4) is 0 Å². The summed E-state index contributed by atoms with van der Waals surface area (Å²) in [4.78, 5) is 17.0. The SMILES string of the molecule is CC(C)S(=O)(=O)c1ccccc1C(=O)N[C@@H]1CCc2nccn2C1. The summed E-state index contributed by atoms with van der Waals surface area (Å²) in [6.07, 6.45) is 5.24. The highest BCUT2D eigenvalue weighted by Crippen LogP contribution is 2.21. The van der Waals surface area contributed by atoms with E-state index in [1.54, 1.807) is 38.2 Å². The molecule has 3 rings (SSSR count). The smallest absolute Gasteiger partial charge is 0.252 e. The molecular formula is C17H21N3O3S. The standard InChI is InChI=1S/C17H21N3O3S/c1-12(2)24(22,23)15-6-4-3-5-14(15)17(21)19-13-7-8-16-18-9-10-20(16)11-13/h3-6,9-10,12-13H,7-8,11H2,1-2H3,(H,19,21)/t13-/m1/s1. The van der Waals surface area contributed by atoms with Crippen molar-refractivity contribution < 1.29 is 13.2 Å². The van der Waals surface area contributed by atoms with Gasteiger partial charge in [-0.25, -0.2) is 13.4 Å². The van der Waals surface area contributed by atoms with E-state index in [9.17, 15) is 13.2 Å². The number of benzene rings is 1. The molecule has 0 aliphatic carbocycles. The summed E-state index contributed by atoms with van der Waals surface area (Å²) in [5.41, 5.74) is 0.211. The van der Waals surface area contributed by atoms with Crippen LogP contribution in [0.1, 0.15) is 36.5 Å². The van der Waals surface area contributed by atoms with Crippen molar-refractivity contribution in [2.24, 2.45) is 0 Å². The monoisotopic (exact) mass is 347 g/mol. The first-order valence-corrected chi connectivity index (χ1v) is 9.58. The average Bonchev–Trinajstić information content (AvgIpc) is 3.02. The third kappa shape index (κ3) is 3.08. The molecule has 0 unspecified atom stereocenters. The third-order valence-corrected chi connectivity index (χ3v) is 6.54. The summed E-state index contributed by atoms with van der Waals surface area (Å²) in [5, 5.41) is 2.39. The van der Waals surface area contributed by atoms with Crippen molar-refractivity contribution >= 4 is 15.7 Å². The zero-order chi connectivity index (χ0) is 17.3. The molecule has 1 aromatic carbocycles. The Hall–Kier alpha value is -2.15. The van der Waals surface area contributed by atoms with Gasteiger partial charge in [0.25, 0.3) is 5.91 Å². The first kappa shape index (κ1) is 16.7. The predicted molar refractivity (Wildman–Crippen MR) is 90.6 cm³/mol. The van der Waals surface area contributed by atoms with Gasteiger partial charge < -0.3 is 9.88 Å². The molecule has 1 aromatic heterocycles. The Balaban J connectivity index is 1.82. The molecule has 6 nitrogen and oxygen atoms in total. The van der Waals surface area contributed by atoms with Gasteiger partial charge in [-0.3, -0.25) is 4.79 Å². The van der Waals surface area contributed by atoms with E-state index in [-0.39, 0.29) is 22.4 Å². The molecule has 24 heavy (non-hydrogen) atoms. The van der Waals surface area contributed by atoms with Gasteiger partial charge in [-0.2, -0.15) is 0 Å². The van der Waals surface area contributed by atoms with Gasteiger partial charge in [0, 0.05) is 31.4 Å². The summed E-state index contributed by atoms with van der Waals surface area (Å²) in [6.45, 7) is 3.89. The van der Waals surface area contributed by atoms with Gasteiger partial charge in [0.15, 0.2) is 9.84 Å². The minimum absolute atomic E-state index is 0.0333. The largest absolute Gasteiger partial charge is 0.347 e. The Morgan fingerprint density at radius 1 is 1.33 bits per heavy atom. The lowest BCUT2D eigenvalue weighted by molar-refractivity contribution is 0.0924. The van der Waals surface area contributed by atoms with Crippen LogP contribution in [-0.4, -0.2) is 35.2 Å². The molecule has 2 aromatic rings. The Labute approximate surface area is 141 Å². The van der Waals surface area contributed by atoms with Crippen molar-refractivity contribution in [2.45, 2.75) is 49.4 Å². The van der Waals surface area contributed by atoms with Crippen molar-refractivity contribution in [1.29, 1.82) is 0 Å². The number of aromatic nitrogens is 2. The van der Waals surface area contributed by atoms with Crippen LogP contribution in [0.2, 0.25) is 0 Å². The molecule has 7 heteroatoms. The van der Waals surface area contributed by atoms with Gasteiger partial charge in [-0.15, -0.1) is 0 Å². The van der Waals surface area contributed by atoms with E-state index < -0.39 is 15.1 Å². The molecule has 1 aliphatic heterocycles. The lowest BCUT2D eigenvalue weighted by atomic mass is 10.1. The summed E-state index contributed by atoms with van der Waals surface area (Å²) in [6, 6.07) is 6.36. The topological polar surface area (TPSA) is 81.1 Å². The van der Waals surface area contributed by atoms with Crippen LogP contribution >= 0.6 is 0 Å². The van der Waals surface area contributed by atoms with Crippen LogP contribution < -0.4 is 5.32 Å². The van der Waals surface area contributed by atoms with E-state index in [0.29, 0.717) is 6.54 Å². The van der Waals surface area contributed by atoms with E-state index >= 15 is 0 Å². The fourth-order valence-corrected chi connectivity index (χ4v) is 4.15. The van der Waals surface area contributed by atoms with Crippen LogP contribution in [0.5, 0.6) is 0 Å². The highest BCUT2D eigenvalue weighted by Gasteiger charge is 2.27. The van der Waals surface area contributed by atoms with Gasteiger partial charge in [0.2, 0.25) is 0 Å². The number of hydrogen-bond acceptors (Lipinski definition) is 4. The van der Waals surface area contributed by atoms with Gasteiger partial charge in [0.05, 0.1) is 15.7 Å². The van der Waals surface area contributed by atoms with Crippen molar-refractivity contribution in [3.63, 3.8) is 0 Å². The summed E-state index contributed by atoms with van der Waals surface area (Å²) >= 11 is 0. The number of carbonyl (C=O) groups excluding carboxylic acids is 1. The van der Waals surface area contributed by atoms with Gasteiger partial charge >= 0.3 is 0 Å². The molecule has 0 saturated carbocycles. The second kappa shape index (κ2) is 6.39. The second-order valence-electron chi connectivity index (χ2n) is 6.29. The van der Waals surface area contributed by atoms with E-state index in [2.05, 4.69) is 10.3 Å².